The molecule has 0 saturated carbocycles. The molecular weight excluding hydrogens is 342 g/mol. The van der Waals surface area contributed by atoms with Crippen LogP contribution in [0.15, 0.2) is 18.3 Å². The lowest BCUT2D eigenvalue weighted by molar-refractivity contribution is -0.125. The van der Waals surface area contributed by atoms with Crippen molar-refractivity contribution in [1.29, 1.82) is 0 Å². The van der Waals surface area contributed by atoms with Crippen molar-refractivity contribution in [2.24, 2.45) is 5.92 Å². The zero-order valence-corrected chi connectivity index (χ0v) is 16.8. The fourth-order valence-electron chi connectivity index (χ4n) is 3.86. The Morgan fingerprint density at radius 1 is 1.19 bits per heavy atom. The van der Waals surface area contributed by atoms with E-state index in [1.54, 1.807) is 0 Å². The van der Waals surface area contributed by atoms with E-state index in [0.29, 0.717) is 19.1 Å². The second-order valence-corrected chi connectivity index (χ2v) is 7.52. The number of hydrogen-bond donors (Lipinski definition) is 1. The molecule has 0 spiro atoms. The third kappa shape index (κ3) is 4.30. The van der Waals surface area contributed by atoms with Gasteiger partial charge in [0.05, 0.1) is 24.9 Å². The molecule has 1 fully saturated rings. The molecule has 1 atom stereocenters. The van der Waals surface area contributed by atoms with E-state index >= 15 is 0 Å². The first-order valence-electron chi connectivity index (χ1n) is 10.0. The molecule has 1 amide bonds. The molecule has 3 heterocycles. The third-order valence-electron chi connectivity index (χ3n) is 5.42. The van der Waals surface area contributed by atoms with Gasteiger partial charge in [-0.25, -0.2) is 0 Å². The molecule has 0 aliphatic carbocycles. The highest BCUT2D eigenvalue weighted by Gasteiger charge is 2.33. The first-order chi connectivity index (χ1) is 13.0. The van der Waals surface area contributed by atoms with Crippen LogP contribution in [0.3, 0.4) is 0 Å². The van der Waals surface area contributed by atoms with Gasteiger partial charge in [-0.05, 0) is 18.1 Å². The Labute approximate surface area is 161 Å². The van der Waals surface area contributed by atoms with Crippen molar-refractivity contribution in [3.8, 4) is 0 Å². The average molecular weight is 374 g/mol. The number of rotatable bonds is 7. The molecule has 0 radical (unpaired) electrons. The molecule has 1 aliphatic rings. The Hall–Kier alpha value is -1.99. The number of anilines is 1. The Morgan fingerprint density at radius 3 is 2.52 bits per heavy atom. The van der Waals surface area contributed by atoms with Gasteiger partial charge in [-0.15, -0.1) is 10.2 Å². The number of aromatic nitrogens is 3. The summed E-state index contributed by atoms with van der Waals surface area (Å²) in [6, 6.07) is 3.66. The van der Waals surface area contributed by atoms with E-state index in [2.05, 4.69) is 48.1 Å². The van der Waals surface area contributed by atoms with Crippen LogP contribution in [0, 0.1) is 5.92 Å². The van der Waals surface area contributed by atoms with Crippen LogP contribution in [0.25, 0.3) is 5.65 Å². The van der Waals surface area contributed by atoms with Crippen molar-refractivity contribution in [1.82, 2.24) is 19.5 Å². The van der Waals surface area contributed by atoms with Gasteiger partial charge in [-0.3, -0.25) is 14.1 Å². The summed E-state index contributed by atoms with van der Waals surface area (Å²) in [6.45, 7) is 11.5. The first kappa shape index (κ1) is 19.8. The molecular formula is C20H31N5O2. The van der Waals surface area contributed by atoms with Gasteiger partial charge in [-0.2, -0.15) is 0 Å². The number of morpholine rings is 1. The van der Waals surface area contributed by atoms with Crippen LogP contribution >= 0.6 is 0 Å². The van der Waals surface area contributed by atoms with Crippen molar-refractivity contribution in [2.45, 2.75) is 52.5 Å². The molecule has 0 unspecified atom stereocenters. The summed E-state index contributed by atoms with van der Waals surface area (Å²) >= 11 is 0. The summed E-state index contributed by atoms with van der Waals surface area (Å²) in [6.07, 6.45) is 3.88. The zero-order chi connectivity index (χ0) is 19.4. The summed E-state index contributed by atoms with van der Waals surface area (Å²) < 4.78 is 7.44. The Balaban J connectivity index is 1.83. The highest BCUT2D eigenvalue weighted by Crippen LogP contribution is 2.23. The standard InChI is InChI=1S/C20H31N5O2/c1-5-15(6-2)18(24-9-11-27-12-10-24)20(26)21-16-7-8-17-22-23-19(14(3)4)25(17)13-16/h7-8,13-15,18H,5-6,9-12H2,1-4H3,(H,21,26)/t18-/m0/s1. The smallest absolute Gasteiger partial charge is 0.242 e. The maximum atomic E-state index is 13.2. The van der Waals surface area contributed by atoms with Gasteiger partial charge < -0.3 is 10.1 Å². The van der Waals surface area contributed by atoms with Crippen molar-refractivity contribution in [3.63, 3.8) is 0 Å². The van der Waals surface area contributed by atoms with E-state index in [1.165, 1.54) is 0 Å². The Bertz CT molecular complexity index is 763. The van der Waals surface area contributed by atoms with Gasteiger partial charge in [0, 0.05) is 25.2 Å². The number of nitrogens with zero attached hydrogens (tertiary/aromatic N) is 4. The number of carbonyl (C=O) groups excluding carboxylic acids is 1. The van der Waals surface area contributed by atoms with E-state index in [9.17, 15) is 4.79 Å². The average Bonchev–Trinajstić information content (AvgIpc) is 3.10. The number of amides is 1. The normalized spacial score (nSPS) is 17.0. The molecule has 1 aliphatic heterocycles. The minimum Gasteiger partial charge on any atom is -0.379 e. The van der Waals surface area contributed by atoms with Gasteiger partial charge in [0.1, 0.15) is 5.82 Å². The molecule has 27 heavy (non-hydrogen) atoms. The van der Waals surface area contributed by atoms with Gasteiger partial charge in [0.2, 0.25) is 5.91 Å². The highest BCUT2D eigenvalue weighted by molar-refractivity contribution is 5.95. The van der Waals surface area contributed by atoms with Crippen molar-refractivity contribution >= 4 is 17.2 Å². The molecule has 3 rings (SSSR count). The summed E-state index contributed by atoms with van der Waals surface area (Å²) in [7, 11) is 0. The largest absolute Gasteiger partial charge is 0.379 e. The molecule has 1 N–H and O–H groups in total. The van der Waals surface area contributed by atoms with E-state index in [4.69, 9.17) is 4.74 Å². The lowest BCUT2D eigenvalue weighted by Crippen LogP contribution is -2.52. The molecule has 2 aromatic heterocycles. The first-order valence-corrected chi connectivity index (χ1v) is 10.0. The van der Waals surface area contributed by atoms with Crippen molar-refractivity contribution < 1.29 is 9.53 Å². The van der Waals surface area contributed by atoms with E-state index < -0.39 is 0 Å². The van der Waals surface area contributed by atoms with E-state index in [0.717, 1.165) is 43.1 Å². The van der Waals surface area contributed by atoms with Gasteiger partial charge in [0.15, 0.2) is 5.65 Å². The maximum Gasteiger partial charge on any atom is 0.242 e. The van der Waals surface area contributed by atoms with Crippen LogP contribution in [0.4, 0.5) is 5.69 Å². The monoisotopic (exact) mass is 373 g/mol. The molecule has 148 valence electrons. The molecule has 0 bridgehead atoms. The molecule has 1 saturated heterocycles. The minimum atomic E-state index is -0.134. The molecule has 7 nitrogen and oxygen atoms in total. The number of hydrogen-bond acceptors (Lipinski definition) is 5. The topological polar surface area (TPSA) is 71.8 Å². The maximum absolute atomic E-state index is 13.2. The van der Waals surface area contributed by atoms with Crippen LogP contribution < -0.4 is 5.32 Å². The number of carbonyl (C=O) groups is 1. The third-order valence-corrected chi connectivity index (χ3v) is 5.42. The summed E-state index contributed by atoms with van der Waals surface area (Å²) in [5.41, 5.74) is 1.57. The van der Waals surface area contributed by atoms with Crippen LogP contribution in [0.1, 0.15) is 52.3 Å². The predicted octanol–water partition coefficient (Wildman–Crippen LogP) is 2.93. The fraction of sp³-hybridized carbons (Fsp3) is 0.650. The SMILES string of the molecule is CCC(CC)[C@@H](C(=O)Nc1ccc2nnc(C(C)C)n2c1)N1CCOCC1. The van der Waals surface area contributed by atoms with Crippen LogP contribution in [-0.4, -0.2) is 57.8 Å². The molecule has 7 heteroatoms. The van der Waals surface area contributed by atoms with Gasteiger partial charge >= 0.3 is 0 Å². The van der Waals surface area contributed by atoms with Gasteiger partial charge in [0.25, 0.3) is 0 Å². The van der Waals surface area contributed by atoms with E-state index in [-0.39, 0.29) is 17.9 Å². The summed E-state index contributed by atoms with van der Waals surface area (Å²) in [4.78, 5) is 15.5. The lowest BCUT2D eigenvalue weighted by atomic mass is 9.91. The Kier molecular flexibility index (Phi) is 6.44. The number of fused-ring (bicyclic) bond motifs is 1. The summed E-state index contributed by atoms with van der Waals surface area (Å²) in [5, 5.41) is 11.6. The van der Waals surface area contributed by atoms with Crippen LogP contribution in [0.5, 0.6) is 0 Å². The number of ether oxygens (including phenoxy) is 1. The highest BCUT2D eigenvalue weighted by atomic mass is 16.5. The van der Waals surface area contributed by atoms with Crippen molar-refractivity contribution in [2.75, 3.05) is 31.6 Å². The second kappa shape index (κ2) is 8.80. The number of nitrogens with one attached hydrogen (secondary N) is 1. The lowest BCUT2D eigenvalue weighted by Gasteiger charge is -2.37. The van der Waals surface area contributed by atoms with Gasteiger partial charge in [-0.1, -0.05) is 40.5 Å². The van der Waals surface area contributed by atoms with Crippen molar-refractivity contribution in [3.05, 3.63) is 24.2 Å². The molecule has 0 aromatic carbocycles. The Morgan fingerprint density at radius 2 is 1.89 bits per heavy atom. The second-order valence-electron chi connectivity index (χ2n) is 7.52. The van der Waals surface area contributed by atoms with Crippen LogP contribution in [0.2, 0.25) is 0 Å². The minimum absolute atomic E-state index is 0.0594. The predicted molar refractivity (Wildman–Crippen MR) is 106 cm³/mol. The zero-order valence-electron chi connectivity index (χ0n) is 16.8. The summed E-state index contributed by atoms with van der Waals surface area (Å²) in [5.74, 6) is 1.54. The number of pyridine rings is 1. The van der Waals surface area contributed by atoms with E-state index in [1.807, 2.05) is 22.7 Å². The van der Waals surface area contributed by atoms with Crippen LogP contribution in [-0.2, 0) is 9.53 Å². The fourth-order valence-corrected chi connectivity index (χ4v) is 3.86. The molecule has 2 aromatic rings. The quantitative estimate of drug-likeness (QED) is 0.808.